The van der Waals surface area contributed by atoms with Crippen LogP contribution >= 0.6 is 0 Å². The minimum absolute atomic E-state index is 0.0607. The van der Waals surface area contributed by atoms with Gasteiger partial charge in [-0.15, -0.1) is 0 Å². The third kappa shape index (κ3) is 3.50. The van der Waals surface area contributed by atoms with Crippen molar-refractivity contribution in [1.82, 2.24) is 10.9 Å². The Morgan fingerprint density at radius 2 is 1.95 bits per heavy atom. The SMILES string of the molecule is Cc1cccc(OC(C)C(=O)NNC(=O)C2CC2)c1C. The quantitative estimate of drug-likeness (QED) is 0.821. The third-order valence-corrected chi connectivity index (χ3v) is 3.48. The number of hydrogen-bond acceptors (Lipinski definition) is 3. The molecule has 5 nitrogen and oxygen atoms in total. The molecule has 2 rings (SSSR count). The predicted molar refractivity (Wildman–Crippen MR) is 75.0 cm³/mol. The lowest BCUT2D eigenvalue weighted by Gasteiger charge is -2.17. The van der Waals surface area contributed by atoms with Crippen molar-refractivity contribution in [1.29, 1.82) is 0 Å². The zero-order valence-electron chi connectivity index (χ0n) is 12.0. The molecule has 1 aliphatic carbocycles. The van der Waals surface area contributed by atoms with Gasteiger partial charge in [-0.25, -0.2) is 0 Å². The van der Waals surface area contributed by atoms with Gasteiger partial charge < -0.3 is 4.74 Å². The summed E-state index contributed by atoms with van der Waals surface area (Å²) in [6, 6.07) is 5.70. The molecule has 108 valence electrons. The highest BCUT2D eigenvalue weighted by Crippen LogP contribution is 2.28. The van der Waals surface area contributed by atoms with E-state index in [2.05, 4.69) is 10.9 Å². The zero-order valence-corrected chi connectivity index (χ0v) is 12.0. The Morgan fingerprint density at radius 1 is 1.25 bits per heavy atom. The van der Waals surface area contributed by atoms with Crippen LogP contribution in [0.5, 0.6) is 5.75 Å². The molecule has 1 unspecified atom stereocenters. The van der Waals surface area contributed by atoms with Crippen LogP contribution in [0.4, 0.5) is 0 Å². The van der Waals surface area contributed by atoms with E-state index >= 15 is 0 Å². The highest BCUT2D eigenvalue weighted by Gasteiger charge is 2.30. The lowest BCUT2D eigenvalue weighted by atomic mass is 10.1. The number of aryl methyl sites for hydroxylation is 1. The summed E-state index contributed by atoms with van der Waals surface area (Å²) < 4.78 is 5.63. The number of amides is 2. The first kappa shape index (κ1) is 14.4. The summed E-state index contributed by atoms with van der Waals surface area (Å²) in [6.07, 6.45) is 1.13. The second-order valence-electron chi connectivity index (χ2n) is 5.21. The fourth-order valence-electron chi connectivity index (χ4n) is 1.77. The first-order chi connectivity index (χ1) is 9.49. The molecule has 0 bridgehead atoms. The van der Waals surface area contributed by atoms with Crippen LogP contribution in [0.25, 0.3) is 0 Å². The Kier molecular flexibility index (Phi) is 4.27. The van der Waals surface area contributed by atoms with Crippen molar-refractivity contribution in [3.63, 3.8) is 0 Å². The number of nitrogens with one attached hydrogen (secondary N) is 2. The predicted octanol–water partition coefficient (Wildman–Crippen LogP) is 1.63. The van der Waals surface area contributed by atoms with Crippen LogP contribution in [-0.4, -0.2) is 17.9 Å². The standard InChI is InChI=1S/C15H20N2O3/c1-9-5-4-6-13(10(9)2)20-11(3)14(18)16-17-15(19)12-7-8-12/h4-6,11-12H,7-8H2,1-3H3,(H,16,18)(H,17,19). The Bertz CT molecular complexity index is 524. The summed E-state index contributed by atoms with van der Waals surface area (Å²) in [5.41, 5.74) is 6.93. The van der Waals surface area contributed by atoms with Crippen LogP contribution in [0.2, 0.25) is 0 Å². The largest absolute Gasteiger partial charge is 0.481 e. The third-order valence-electron chi connectivity index (χ3n) is 3.48. The van der Waals surface area contributed by atoms with Crippen molar-refractivity contribution < 1.29 is 14.3 Å². The van der Waals surface area contributed by atoms with Gasteiger partial charge in [-0.3, -0.25) is 20.4 Å². The summed E-state index contributed by atoms with van der Waals surface area (Å²) >= 11 is 0. The van der Waals surface area contributed by atoms with E-state index in [0.29, 0.717) is 5.75 Å². The second kappa shape index (κ2) is 5.94. The maximum atomic E-state index is 11.8. The molecule has 1 aromatic rings. The molecule has 0 saturated heterocycles. The molecule has 0 spiro atoms. The minimum atomic E-state index is -0.671. The summed E-state index contributed by atoms with van der Waals surface area (Å²) in [5, 5.41) is 0. The monoisotopic (exact) mass is 276 g/mol. The van der Waals surface area contributed by atoms with Crippen LogP contribution in [0.15, 0.2) is 18.2 Å². The molecule has 0 aromatic heterocycles. The van der Waals surface area contributed by atoms with Crippen molar-refractivity contribution in [2.45, 2.75) is 39.7 Å². The van der Waals surface area contributed by atoms with Gasteiger partial charge in [-0.1, -0.05) is 12.1 Å². The maximum Gasteiger partial charge on any atom is 0.279 e. The summed E-state index contributed by atoms with van der Waals surface area (Å²) in [4.78, 5) is 23.3. The highest BCUT2D eigenvalue weighted by atomic mass is 16.5. The molecule has 2 amide bonds. The Labute approximate surface area is 118 Å². The first-order valence-corrected chi connectivity index (χ1v) is 6.81. The normalized spacial score (nSPS) is 15.3. The van der Waals surface area contributed by atoms with E-state index in [0.717, 1.165) is 24.0 Å². The van der Waals surface area contributed by atoms with E-state index < -0.39 is 6.10 Å². The van der Waals surface area contributed by atoms with Gasteiger partial charge in [-0.2, -0.15) is 0 Å². The van der Waals surface area contributed by atoms with E-state index in [-0.39, 0.29) is 17.7 Å². The molecule has 0 aliphatic heterocycles. The topological polar surface area (TPSA) is 67.4 Å². The van der Waals surface area contributed by atoms with Crippen molar-refractivity contribution >= 4 is 11.8 Å². The van der Waals surface area contributed by atoms with Crippen LogP contribution in [0.3, 0.4) is 0 Å². The van der Waals surface area contributed by atoms with Crippen LogP contribution < -0.4 is 15.6 Å². The molecule has 0 radical (unpaired) electrons. The molecule has 1 saturated carbocycles. The molecule has 1 aliphatic rings. The lowest BCUT2D eigenvalue weighted by Crippen LogP contribution is -2.47. The maximum absolute atomic E-state index is 11.8. The van der Waals surface area contributed by atoms with E-state index in [4.69, 9.17) is 4.74 Å². The number of hydrogen-bond donors (Lipinski definition) is 2. The van der Waals surface area contributed by atoms with Gasteiger partial charge in [0.1, 0.15) is 5.75 Å². The number of hydrazine groups is 1. The summed E-state index contributed by atoms with van der Waals surface area (Å²) in [5.74, 6) is 0.254. The second-order valence-corrected chi connectivity index (χ2v) is 5.21. The van der Waals surface area contributed by atoms with Crippen molar-refractivity contribution in [2.75, 3.05) is 0 Å². The Hall–Kier alpha value is -2.04. The average molecular weight is 276 g/mol. The van der Waals surface area contributed by atoms with Crippen LogP contribution in [0, 0.1) is 19.8 Å². The molecule has 1 atom stereocenters. The molecule has 2 N–H and O–H groups in total. The minimum Gasteiger partial charge on any atom is -0.481 e. The van der Waals surface area contributed by atoms with Crippen molar-refractivity contribution in [3.8, 4) is 5.75 Å². The zero-order chi connectivity index (χ0) is 14.7. The van der Waals surface area contributed by atoms with Gasteiger partial charge in [0.2, 0.25) is 5.91 Å². The molecule has 5 heteroatoms. The highest BCUT2D eigenvalue weighted by molar-refractivity contribution is 5.86. The molecule has 1 aromatic carbocycles. The van der Waals surface area contributed by atoms with Gasteiger partial charge in [0.15, 0.2) is 6.10 Å². The number of carbonyl (C=O) groups excluding carboxylic acids is 2. The first-order valence-electron chi connectivity index (χ1n) is 6.81. The van der Waals surface area contributed by atoms with Crippen LogP contribution in [0.1, 0.15) is 30.9 Å². The number of ether oxygens (including phenoxy) is 1. The van der Waals surface area contributed by atoms with Gasteiger partial charge in [-0.05, 0) is 50.8 Å². The van der Waals surface area contributed by atoms with E-state index in [1.807, 2.05) is 32.0 Å². The average Bonchev–Trinajstić information content (AvgIpc) is 3.25. The van der Waals surface area contributed by atoms with Crippen molar-refractivity contribution in [3.05, 3.63) is 29.3 Å². The van der Waals surface area contributed by atoms with Gasteiger partial charge in [0.25, 0.3) is 5.91 Å². The molecular formula is C15H20N2O3. The summed E-state index contributed by atoms with van der Waals surface area (Å²) in [7, 11) is 0. The van der Waals surface area contributed by atoms with Gasteiger partial charge in [0, 0.05) is 5.92 Å². The fraction of sp³-hybridized carbons (Fsp3) is 0.467. The Balaban J connectivity index is 1.86. The van der Waals surface area contributed by atoms with E-state index in [1.54, 1.807) is 6.92 Å². The van der Waals surface area contributed by atoms with E-state index in [1.165, 1.54) is 0 Å². The fourth-order valence-corrected chi connectivity index (χ4v) is 1.77. The van der Waals surface area contributed by atoms with Crippen molar-refractivity contribution in [2.24, 2.45) is 5.92 Å². The summed E-state index contributed by atoms with van der Waals surface area (Å²) in [6.45, 7) is 5.59. The van der Waals surface area contributed by atoms with Crippen LogP contribution in [-0.2, 0) is 9.59 Å². The molecule has 20 heavy (non-hydrogen) atoms. The van der Waals surface area contributed by atoms with Gasteiger partial charge >= 0.3 is 0 Å². The molecule has 1 fully saturated rings. The number of benzene rings is 1. The van der Waals surface area contributed by atoms with E-state index in [9.17, 15) is 9.59 Å². The molecular weight excluding hydrogens is 256 g/mol. The number of carbonyl (C=O) groups is 2. The molecule has 0 heterocycles. The lowest BCUT2D eigenvalue weighted by molar-refractivity contribution is -0.133. The smallest absolute Gasteiger partial charge is 0.279 e. The number of rotatable bonds is 4. The van der Waals surface area contributed by atoms with Gasteiger partial charge in [0.05, 0.1) is 0 Å². The Morgan fingerprint density at radius 3 is 2.60 bits per heavy atom.